The van der Waals surface area contributed by atoms with Gasteiger partial charge in [0.1, 0.15) is 12.1 Å². The lowest BCUT2D eigenvalue weighted by Gasteiger charge is -2.24. The van der Waals surface area contributed by atoms with Crippen molar-refractivity contribution in [2.45, 2.75) is 12.5 Å². The van der Waals surface area contributed by atoms with Crippen LogP contribution < -0.4 is 10.6 Å². The standard InChI is InChI=1S/C28H23N3O3/c1-28(23-16-9-13-19-12-5-6-14-21(19)23)26(33)31(27(34)30-28)18-25(32)29-24-17-8-7-15-22(24)20-10-3-2-4-11-20/h2-17H,18H2,1H3,(H,29,32)(H,30,34). The first kappa shape index (κ1) is 21.4. The molecule has 0 aromatic heterocycles. The summed E-state index contributed by atoms with van der Waals surface area (Å²) >= 11 is 0. The number of nitrogens with zero attached hydrogens (tertiary/aromatic N) is 1. The molecule has 1 aliphatic rings. The monoisotopic (exact) mass is 449 g/mol. The lowest BCUT2D eigenvalue weighted by Crippen LogP contribution is -2.42. The number of anilines is 1. The zero-order valence-electron chi connectivity index (χ0n) is 18.6. The highest BCUT2D eigenvalue weighted by Crippen LogP contribution is 2.34. The number of imide groups is 1. The molecule has 1 heterocycles. The van der Waals surface area contributed by atoms with Crippen LogP contribution in [-0.2, 0) is 15.1 Å². The normalized spacial score (nSPS) is 17.6. The van der Waals surface area contributed by atoms with Crippen LogP contribution in [-0.4, -0.2) is 29.3 Å². The zero-order chi connectivity index (χ0) is 23.7. The summed E-state index contributed by atoms with van der Waals surface area (Å²) in [7, 11) is 0. The van der Waals surface area contributed by atoms with E-state index in [1.165, 1.54) is 0 Å². The van der Waals surface area contributed by atoms with E-state index in [9.17, 15) is 14.4 Å². The molecule has 4 amide bonds. The molecule has 0 bridgehead atoms. The molecule has 1 saturated heterocycles. The minimum absolute atomic E-state index is 0.381. The third-order valence-corrected chi connectivity index (χ3v) is 6.19. The summed E-state index contributed by atoms with van der Waals surface area (Å²) in [6, 6.07) is 29.9. The molecule has 5 rings (SSSR count). The highest BCUT2D eigenvalue weighted by molar-refractivity contribution is 6.12. The third-order valence-electron chi connectivity index (χ3n) is 6.19. The van der Waals surface area contributed by atoms with E-state index in [0.29, 0.717) is 11.3 Å². The summed E-state index contributed by atoms with van der Waals surface area (Å²) in [5, 5.41) is 7.51. The van der Waals surface area contributed by atoms with Crippen molar-refractivity contribution in [3.05, 3.63) is 103 Å². The van der Waals surface area contributed by atoms with Gasteiger partial charge in [0.2, 0.25) is 5.91 Å². The molecule has 1 fully saturated rings. The second kappa shape index (κ2) is 8.48. The molecule has 34 heavy (non-hydrogen) atoms. The van der Waals surface area contributed by atoms with Crippen molar-refractivity contribution in [3.63, 3.8) is 0 Å². The zero-order valence-corrected chi connectivity index (χ0v) is 18.6. The number of para-hydroxylation sites is 1. The Balaban J connectivity index is 1.39. The van der Waals surface area contributed by atoms with E-state index in [1.54, 1.807) is 13.0 Å². The van der Waals surface area contributed by atoms with Crippen molar-refractivity contribution < 1.29 is 14.4 Å². The Morgan fingerprint density at radius 1 is 0.853 bits per heavy atom. The van der Waals surface area contributed by atoms with E-state index in [1.807, 2.05) is 91.0 Å². The van der Waals surface area contributed by atoms with Gasteiger partial charge >= 0.3 is 6.03 Å². The van der Waals surface area contributed by atoms with Crippen molar-refractivity contribution in [2.24, 2.45) is 0 Å². The minimum atomic E-state index is -1.26. The number of carbonyl (C=O) groups is 3. The Morgan fingerprint density at radius 3 is 2.35 bits per heavy atom. The third kappa shape index (κ3) is 3.69. The maximum absolute atomic E-state index is 13.4. The van der Waals surface area contributed by atoms with Gasteiger partial charge in [-0.1, -0.05) is 91.0 Å². The number of fused-ring (bicyclic) bond motifs is 1. The summed E-state index contributed by atoms with van der Waals surface area (Å²) in [5.41, 5.74) is 1.86. The van der Waals surface area contributed by atoms with E-state index >= 15 is 0 Å². The second-order valence-electron chi connectivity index (χ2n) is 8.43. The molecular weight excluding hydrogens is 426 g/mol. The van der Waals surface area contributed by atoms with Crippen molar-refractivity contribution in [2.75, 3.05) is 11.9 Å². The number of urea groups is 1. The van der Waals surface area contributed by atoms with E-state index in [2.05, 4.69) is 10.6 Å². The molecular formula is C28H23N3O3. The van der Waals surface area contributed by atoms with E-state index in [-0.39, 0.29) is 6.54 Å². The van der Waals surface area contributed by atoms with Gasteiger partial charge in [-0.25, -0.2) is 4.79 Å². The SMILES string of the molecule is CC1(c2cccc3ccccc23)NC(=O)N(CC(=O)Nc2ccccc2-c2ccccc2)C1=O. The molecule has 2 N–H and O–H groups in total. The minimum Gasteiger partial charge on any atom is -0.324 e. The highest BCUT2D eigenvalue weighted by atomic mass is 16.2. The first-order valence-electron chi connectivity index (χ1n) is 11.0. The molecule has 168 valence electrons. The lowest BCUT2D eigenvalue weighted by atomic mass is 9.88. The van der Waals surface area contributed by atoms with Gasteiger partial charge in [-0.2, -0.15) is 0 Å². The topological polar surface area (TPSA) is 78.5 Å². The maximum Gasteiger partial charge on any atom is 0.325 e. The highest BCUT2D eigenvalue weighted by Gasteiger charge is 2.50. The first-order chi connectivity index (χ1) is 16.5. The van der Waals surface area contributed by atoms with E-state index < -0.39 is 23.4 Å². The molecule has 0 saturated carbocycles. The Bertz CT molecular complexity index is 1410. The molecule has 6 nitrogen and oxygen atoms in total. The summed E-state index contributed by atoms with van der Waals surface area (Å²) < 4.78 is 0. The van der Waals surface area contributed by atoms with E-state index in [4.69, 9.17) is 0 Å². The van der Waals surface area contributed by atoms with Gasteiger partial charge in [-0.05, 0) is 34.9 Å². The largest absolute Gasteiger partial charge is 0.325 e. The number of hydrogen-bond donors (Lipinski definition) is 2. The molecule has 4 aromatic rings. The van der Waals surface area contributed by atoms with Gasteiger partial charge in [0.25, 0.3) is 5.91 Å². The summed E-state index contributed by atoms with van der Waals surface area (Å²) in [4.78, 5) is 40.1. The van der Waals surface area contributed by atoms with Crippen LogP contribution in [0.3, 0.4) is 0 Å². The maximum atomic E-state index is 13.4. The van der Waals surface area contributed by atoms with Gasteiger partial charge in [0, 0.05) is 11.3 Å². The van der Waals surface area contributed by atoms with Gasteiger partial charge in [-0.15, -0.1) is 0 Å². The van der Waals surface area contributed by atoms with Crippen LogP contribution in [0.15, 0.2) is 97.1 Å². The van der Waals surface area contributed by atoms with Crippen LogP contribution in [0.1, 0.15) is 12.5 Å². The smallest absolute Gasteiger partial charge is 0.324 e. The van der Waals surface area contributed by atoms with Crippen molar-refractivity contribution in [3.8, 4) is 11.1 Å². The fourth-order valence-electron chi connectivity index (χ4n) is 4.48. The van der Waals surface area contributed by atoms with Crippen molar-refractivity contribution in [1.29, 1.82) is 0 Å². The molecule has 0 radical (unpaired) electrons. The van der Waals surface area contributed by atoms with Crippen molar-refractivity contribution in [1.82, 2.24) is 10.2 Å². The average molecular weight is 450 g/mol. The van der Waals surface area contributed by atoms with E-state index in [0.717, 1.165) is 26.8 Å². The first-order valence-corrected chi connectivity index (χ1v) is 11.0. The Morgan fingerprint density at radius 2 is 1.53 bits per heavy atom. The van der Waals surface area contributed by atoms with Crippen LogP contribution in [0.25, 0.3) is 21.9 Å². The lowest BCUT2D eigenvalue weighted by molar-refractivity contribution is -0.133. The number of hydrogen-bond acceptors (Lipinski definition) is 3. The average Bonchev–Trinajstić information content (AvgIpc) is 3.08. The van der Waals surface area contributed by atoms with Crippen LogP contribution in [0, 0.1) is 0 Å². The Hall–Kier alpha value is -4.45. The predicted molar refractivity (Wildman–Crippen MR) is 132 cm³/mol. The van der Waals surface area contributed by atoms with Crippen LogP contribution in [0.5, 0.6) is 0 Å². The number of amides is 4. The Labute approximate surface area is 197 Å². The fraction of sp³-hybridized carbons (Fsp3) is 0.107. The summed E-state index contributed by atoms with van der Waals surface area (Å²) in [6.45, 7) is 1.30. The predicted octanol–water partition coefficient (Wildman–Crippen LogP) is 4.91. The van der Waals surface area contributed by atoms with Crippen LogP contribution in [0.4, 0.5) is 10.5 Å². The van der Waals surface area contributed by atoms with Gasteiger partial charge in [0.15, 0.2) is 0 Å². The number of nitrogens with one attached hydrogen (secondary N) is 2. The molecule has 0 aliphatic carbocycles. The molecule has 4 aromatic carbocycles. The molecule has 0 spiro atoms. The quantitative estimate of drug-likeness (QED) is 0.425. The Kier molecular flexibility index (Phi) is 5.34. The van der Waals surface area contributed by atoms with Gasteiger partial charge in [0.05, 0.1) is 0 Å². The number of carbonyl (C=O) groups excluding carboxylic acids is 3. The number of rotatable bonds is 5. The molecule has 1 atom stereocenters. The molecule has 6 heteroatoms. The summed E-state index contributed by atoms with van der Waals surface area (Å²) in [6.07, 6.45) is 0. The fourth-order valence-corrected chi connectivity index (χ4v) is 4.48. The van der Waals surface area contributed by atoms with Gasteiger partial charge in [-0.3, -0.25) is 14.5 Å². The number of benzene rings is 4. The molecule has 1 unspecified atom stereocenters. The van der Waals surface area contributed by atoms with Crippen LogP contribution >= 0.6 is 0 Å². The van der Waals surface area contributed by atoms with Gasteiger partial charge < -0.3 is 10.6 Å². The second-order valence-corrected chi connectivity index (χ2v) is 8.43. The molecule has 1 aliphatic heterocycles. The van der Waals surface area contributed by atoms with Crippen molar-refractivity contribution >= 4 is 34.3 Å². The summed E-state index contributed by atoms with van der Waals surface area (Å²) in [5.74, 6) is -0.908. The van der Waals surface area contributed by atoms with Crippen LogP contribution in [0.2, 0.25) is 0 Å².